The molecule has 0 radical (unpaired) electrons. The first kappa shape index (κ1) is 17.9. The molecule has 0 aromatic carbocycles. The maximum Gasteiger partial charge on any atom is 0.349 e. The van der Waals surface area contributed by atoms with E-state index in [0.717, 1.165) is 0 Å². The number of ether oxygens (including phenoxy) is 1. The molecule has 0 aromatic heterocycles. The third-order valence-electron chi connectivity index (χ3n) is 2.46. The first-order chi connectivity index (χ1) is 8.81. The normalized spacial score (nSPS) is 14.5. The van der Waals surface area contributed by atoms with Crippen LogP contribution in [0, 0.1) is 5.92 Å². The van der Waals surface area contributed by atoms with Gasteiger partial charge < -0.3 is 4.74 Å². The van der Waals surface area contributed by atoms with Crippen molar-refractivity contribution >= 4 is 21.3 Å². The van der Waals surface area contributed by atoms with E-state index in [0.29, 0.717) is 17.1 Å². The first-order valence-electron chi connectivity index (χ1n) is 5.82. The maximum atomic E-state index is 12.8. The van der Waals surface area contributed by atoms with Crippen molar-refractivity contribution in [1.29, 1.82) is 0 Å². The van der Waals surface area contributed by atoms with E-state index in [1.807, 2.05) is 0 Å². The summed E-state index contributed by atoms with van der Waals surface area (Å²) in [6.07, 6.45) is 0.874. The van der Waals surface area contributed by atoms with Crippen LogP contribution in [0.5, 0.6) is 0 Å². The van der Waals surface area contributed by atoms with Gasteiger partial charge in [0.15, 0.2) is 6.73 Å². The molecular formula is C10H18F2N2O4S. The molecule has 0 rings (SSSR count). The number of hydrogen-bond donors (Lipinski definition) is 0. The molecule has 0 amide bonds. The number of sulfonamides is 1. The highest BCUT2D eigenvalue weighted by Crippen LogP contribution is 2.10. The molecular weight excluding hydrogens is 282 g/mol. The van der Waals surface area contributed by atoms with Crippen LogP contribution in [0.4, 0.5) is 8.87 Å². The van der Waals surface area contributed by atoms with Gasteiger partial charge in [-0.3, -0.25) is 4.79 Å². The summed E-state index contributed by atoms with van der Waals surface area (Å²) in [6, 6.07) is 0. The van der Waals surface area contributed by atoms with Crippen LogP contribution >= 0.6 is 0 Å². The summed E-state index contributed by atoms with van der Waals surface area (Å²) in [6.45, 7) is 4.25. The summed E-state index contributed by atoms with van der Waals surface area (Å²) in [4.78, 5) is 11.4. The van der Waals surface area contributed by atoms with E-state index in [9.17, 15) is 22.1 Å². The Bertz CT molecular complexity index is 425. The van der Waals surface area contributed by atoms with Crippen LogP contribution in [0.15, 0.2) is 5.21 Å². The number of hydrogen-bond acceptors (Lipinski definition) is 5. The minimum Gasteiger partial charge on any atom is -0.448 e. The lowest BCUT2D eigenvalue weighted by molar-refractivity contribution is -0.150. The van der Waals surface area contributed by atoms with E-state index in [1.165, 1.54) is 5.21 Å². The second kappa shape index (κ2) is 8.16. The number of carbonyl (C=O) groups is 1. The maximum absolute atomic E-state index is 12.8. The third kappa shape index (κ3) is 5.19. The molecule has 0 aliphatic carbocycles. The number of nitrogens with zero attached hydrogens (tertiary/aromatic N) is 2. The van der Waals surface area contributed by atoms with Crippen LogP contribution in [-0.4, -0.2) is 37.3 Å². The van der Waals surface area contributed by atoms with Gasteiger partial charge in [0.2, 0.25) is 0 Å². The second-order valence-electron chi connectivity index (χ2n) is 3.92. The van der Waals surface area contributed by atoms with E-state index < -0.39 is 33.9 Å². The Morgan fingerprint density at radius 1 is 1.42 bits per heavy atom. The van der Waals surface area contributed by atoms with Gasteiger partial charge in [0.25, 0.3) is 10.0 Å². The Kier molecular flexibility index (Phi) is 7.69. The summed E-state index contributed by atoms with van der Waals surface area (Å²) in [7, 11) is -4.68. The Morgan fingerprint density at radius 2 is 2.00 bits per heavy atom. The molecule has 0 heterocycles. The molecule has 0 N–H and O–H groups in total. The fourth-order valence-electron chi connectivity index (χ4n) is 1.10. The van der Waals surface area contributed by atoms with Crippen LogP contribution in [0.1, 0.15) is 33.6 Å². The zero-order chi connectivity index (χ0) is 15.1. The molecule has 0 aliphatic rings. The monoisotopic (exact) mass is 300 g/mol. The molecule has 0 aromatic rings. The molecule has 1 atom stereocenters. The summed E-state index contributed by atoms with van der Waals surface area (Å²) in [5, 5.41) is -0.631. The van der Waals surface area contributed by atoms with Crippen molar-refractivity contribution in [2.75, 3.05) is 13.3 Å². The quantitative estimate of drug-likeness (QED) is 0.311. The molecule has 6 nitrogen and oxygen atoms in total. The van der Waals surface area contributed by atoms with Gasteiger partial charge in [-0.25, -0.2) is 8.42 Å². The van der Waals surface area contributed by atoms with E-state index in [1.54, 1.807) is 20.8 Å². The van der Waals surface area contributed by atoms with Crippen molar-refractivity contribution in [2.24, 2.45) is 11.1 Å². The van der Waals surface area contributed by atoms with E-state index >= 15 is 0 Å². The summed E-state index contributed by atoms with van der Waals surface area (Å²) < 4.78 is 52.9. The lowest BCUT2D eigenvalue weighted by Crippen LogP contribution is -2.38. The van der Waals surface area contributed by atoms with E-state index in [4.69, 9.17) is 4.74 Å². The van der Waals surface area contributed by atoms with Crippen molar-refractivity contribution in [3.63, 3.8) is 0 Å². The van der Waals surface area contributed by atoms with E-state index in [2.05, 4.69) is 0 Å². The van der Waals surface area contributed by atoms with Gasteiger partial charge in [-0.1, -0.05) is 25.3 Å². The van der Waals surface area contributed by atoms with Crippen LogP contribution in [0.25, 0.3) is 0 Å². The lowest BCUT2D eigenvalue weighted by atomic mass is 10.1. The van der Waals surface area contributed by atoms with Crippen molar-refractivity contribution in [3.8, 4) is 0 Å². The highest BCUT2D eigenvalue weighted by molar-refractivity contribution is 8.03. The molecule has 0 spiro atoms. The zero-order valence-electron chi connectivity index (χ0n) is 11.1. The number of carbonyl (C=O) groups excluding carboxylic acids is 1. The number of halogens is 2. The fourth-order valence-corrected chi connectivity index (χ4v) is 2.01. The largest absolute Gasteiger partial charge is 0.448 e. The Morgan fingerprint density at radius 3 is 2.42 bits per heavy atom. The van der Waals surface area contributed by atoms with Gasteiger partial charge in [-0.15, -0.1) is 0 Å². The van der Waals surface area contributed by atoms with Crippen molar-refractivity contribution < 1.29 is 26.8 Å². The van der Waals surface area contributed by atoms with Crippen LogP contribution in [0.3, 0.4) is 0 Å². The average molecular weight is 300 g/mol. The van der Waals surface area contributed by atoms with Gasteiger partial charge in [0.05, 0.1) is 5.92 Å². The van der Waals surface area contributed by atoms with Gasteiger partial charge >= 0.3 is 11.3 Å². The summed E-state index contributed by atoms with van der Waals surface area (Å²) in [5.41, 5.74) is 0. The SMILES string of the molecule is CCCN(COC(=O)C(C)CC)S(=O)(=O)/C(F)=N/F. The van der Waals surface area contributed by atoms with Crippen molar-refractivity contribution in [1.82, 2.24) is 4.31 Å². The average Bonchev–Trinajstić information content (AvgIpc) is 2.40. The number of esters is 1. The van der Waals surface area contributed by atoms with Crippen LogP contribution in [0.2, 0.25) is 0 Å². The molecule has 0 bridgehead atoms. The molecule has 0 aliphatic heterocycles. The molecule has 19 heavy (non-hydrogen) atoms. The molecule has 0 saturated carbocycles. The third-order valence-corrected chi connectivity index (χ3v) is 3.92. The van der Waals surface area contributed by atoms with Crippen molar-refractivity contribution in [3.05, 3.63) is 0 Å². The Balaban J connectivity index is 4.82. The van der Waals surface area contributed by atoms with Crippen LogP contribution < -0.4 is 0 Å². The minimum absolute atomic E-state index is 0.112. The zero-order valence-corrected chi connectivity index (χ0v) is 11.9. The lowest BCUT2D eigenvalue weighted by Gasteiger charge is -2.20. The highest BCUT2D eigenvalue weighted by Gasteiger charge is 2.30. The Hall–Kier alpha value is -1.09. The van der Waals surface area contributed by atoms with E-state index in [-0.39, 0.29) is 6.54 Å². The molecule has 112 valence electrons. The molecule has 9 heteroatoms. The Labute approximate surface area is 111 Å². The highest BCUT2D eigenvalue weighted by atomic mass is 32.2. The van der Waals surface area contributed by atoms with Crippen molar-refractivity contribution in [2.45, 2.75) is 33.6 Å². The number of rotatable bonds is 7. The smallest absolute Gasteiger partial charge is 0.349 e. The standard InChI is InChI=1S/C10H18F2N2O4S/c1-4-6-14(19(16,17)10(11)13-12)7-18-9(15)8(3)5-2/h8H,4-7H2,1-3H3/b13-10+. The second-order valence-corrected chi connectivity index (χ2v) is 5.72. The first-order valence-corrected chi connectivity index (χ1v) is 7.26. The van der Waals surface area contributed by atoms with Crippen LogP contribution in [-0.2, 0) is 19.6 Å². The summed E-state index contributed by atoms with van der Waals surface area (Å²) >= 11 is 0. The minimum atomic E-state index is -4.68. The van der Waals surface area contributed by atoms with Gasteiger partial charge in [0, 0.05) is 6.54 Å². The molecule has 1 unspecified atom stereocenters. The van der Waals surface area contributed by atoms with Gasteiger partial charge in [-0.05, 0) is 18.1 Å². The molecule has 0 saturated heterocycles. The van der Waals surface area contributed by atoms with Gasteiger partial charge in [0.1, 0.15) is 0 Å². The topological polar surface area (TPSA) is 76.0 Å². The predicted molar refractivity (Wildman–Crippen MR) is 66.0 cm³/mol. The fraction of sp³-hybridized carbons (Fsp3) is 0.800. The molecule has 0 fully saturated rings. The van der Waals surface area contributed by atoms with Gasteiger partial charge in [-0.2, -0.15) is 8.70 Å². The summed E-state index contributed by atoms with van der Waals surface area (Å²) in [5.74, 6) is -0.998. The predicted octanol–water partition coefficient (Wildman–Crippen LogP) is 1.79.